The molecule has 0 bridgehead atoms. The number of phenolic OH excluding ortho intramolecular Hbond substituents is 1. The van der Waals surface area contributed by atoms with E-state index in [1.807, 2.05) is 0 Å². The summed E-state index contributed by atoms with van der Waals surface area (Å²) < 4.78 is 26.3. The molecule has 1 aromatic heterocycles. The molecule has 9 nitrogen and oxygen atoms in total. The van der Waals surface area contributed by atoms with Gasteiger partial charge in [0, 0.05) is 18.0 Å². The number of rotatable bonds is 4. The van der Waals surface area contributed by atoms with E-state index in [4.69, 9.17) is 0 Å². The lowest BCUT2D eigenvalue weighted by Gasteiger charge is -2.34. The van der Waals surface area contributed by atoms with Crippen LogP contribution in [0.2, 0.25) is 0 Å². The molecular weight excluding hydrogens is 408 g/mol. The van der Waals surface area contributed by atoms with E-state index >= 15 is 0 Å². The van der Waals surface area contributed by atoms with Gasteiger partial charge in [-0.2, -0.15) is 0 Å². The molecular formula is C20H20N4O5S. The first-order valence-corrected chi connectivity index (χ1v) is 10.9. The van der Waals surface area contributed by atoms with Crippen LogP contribution in [0.15, 0.2) is 56.6 Å². The first-order chi connectivity index (χ1) is 14.3. The van der Waals surface area contributed by atoms with E-state index in [0.29, 0.717) is 23.4 Å². The Morgan fingerprint density at radius 3 is 2.70 bits per heavy atom. The molecule has 3 aromatic rings. The number of aromatic nitrogens is 1. The minimum Gasteiger partial charge on any atom is -0.508 e. The molecule has 1 saturated carbocycles. The number of phenols is 1. The third-order valence-electron chi connectivity index (χ3n) is 5.26. The van der Waals surface area contributed by atoms with Crippen molar-refractivity contribution in [3.05, 3.63) is 58.4 Å². The lowest BCUT2D eigenvalue weighted by Crippen LogP contribution is -2.36. The number of pyridine rings is 1. The third kappa shape index (κ3) is 3.05. The van der Waals surface area contributed by atoms with Crippen molar-refractivity contribution < 1.29 is 19.3 Å². The van der Waals surface area contributed by atoms with Gasteiger partial charge in [-0.15, -0.1) is 4.40 Å². The highest BCUT2D eigenvalue weighted by Crippen LogP contribution is 2.56. The van der Waals surface area contributed by atoms with E-state index < -0.39 is 16.3 Å². The summed E-state index contributed by atoms with van der Waals surface area (Å²) in [6.45, 7) is 0.616. The fourth-order valence-corrected chi connectivity index (χ4v) is 4.70. The number of anilines is 1. The first kappa shape index (κ1) is 18.8. The highest BCUT2D eigenvalue weighted by atomic mass is 32.3. The lowest BCUT2D eigenvalue weighted by atomic mass is 10.1. The van der Waals surface area contributed by atoms with Crippen LogP contribution < -0.4 is 16.3 Å². The second-order valence-corrected chi connectivity index (χ2v) is 9.11. The molecule has 5 rings (SSSR count). The van der Waals surface area contributed by atoms with Gasteiger partial charge in [-0.1, -0.05) is 22.9 Å². The number of amidine groups is 1. The first-order valence-electron chi connectivity index (χ1n) is 9.44. The van der Waals surface area contributed by atoms with Gasteiger partial charge in [0.2, 0.25) is 0 Å². The number of para-hydroxylation sites is 1. The van der Waals surface area contributed by atoms with Crippen LogP contribution in [0.3, 0.4) is 0 Å². The molecule has 30 heavy (non-hydrogen) atoms. The van der Waals surface area contributed by atoms with Crippen molar-refractivity contribution in [3.8, 4) is 11.5 Å². The van der Waals surface area contributed by atoms with Gasteiger partial charge in [-0.25, -0.2) is 4.68 Å². The van der Waals surface area contributed by atoms with Gasteiger partial charge < -0.3 is 21.0 Å². The standard InChI is InChI=1S/C20H20N4O5S/c25-12-7-8-14-16(9-12)30(28,29)23-19(22-14)17-18(26)13-3-1-2-4-15(13)24(20(17)27)21-10-11-5-6-11/h1-4,7-9,11,21,25-26,28-29H,5-6,10H2,(H,22,23). The molecule has 10 heteroatoms. The molecule has 1 aliphatic carbocycles. The van der Waals surface area contributed by atoms with Crippen molar-refractivity contribution in [2.24, 2.45) is 10.3 Å². The smallest absolute Gasteiger partial charge is 0.284 e. The molecule has 1 fully saturated rings. The second kappa shape index (κ2) is 6.66. The number of aromatic hydroxyl groups is 2. The summed E-state index contributed by atoms with van der Waals surface area (Å²) in [5, 5.41) is 23.9. The number of benzene rings is 2. The van der Waals surface area contributed by atoms with Crippen LogP contribution in [-0.2, 0) is 0 Å². The highest BCUT2D eigenvalue weighted by Gasteiger charge is 2.31. The minimum absolute atomic E-state index is 0.0127. The van der Waals surface area contributed by atoms with Gasteiger partial charge in [-0.3, -0.25) is 13.9 Å². The van der Waals surface area contributed by atoms with Crippen molar-refractivity contribution in [2.75, 3.05) is 17.3 Å². The van der Waals surface area contributed by atoms with Crippen LogP contribution in [0.25, 0.3) is 10.9 Å². The Morgan fingerprint density at radius 1 is 1.17 bits per heavy atom. The Balaban J connectivity index is 1.70. The van der Waals surface area contributed by atoms with E-state index in [0.717, 1.165) is 12.8 Å². The third-order valence-corrected chi connectivity index (χ3v) is 6.62. The number of hydrogen-bond donors (Lipinski definition) is 6. The number of nitrogens with one attached hydrogen (secondary N) is 2. The molecule has 2 aromatic carbocycles. The monoisotopic (exact) mass is 428 g/mol. The Hall–Kier alpha value is -3.21. The summed E-state index contributed by atoms with van der Waals surface area (Å²) in [6, 6.07) is 10.9. The van der Waals surface area contributed by atoms with Crippen molar-refractivity contribution in [3.63, 3.8) is 0 Å². The number of hydrogen-bond acceptors (Lipinski definition) is 8. The predicted molar refractivity (Wildman–Crippen MR) is 116 cm³/mol. The Morgan fingerprint density at radius 2 is 1.93 bits per heavy atom. The highest BCUT2D eigenvalue weighted by molar-refractivity contribution is 8.23. The number of nitrogens with zero attached hydrogens (tertiary/aromatic N) is 2. The molecule has 2 heterocycles. The van der Waals surface area contributed by atoms with E-state index in [2.05, 4.69) is 15.1 Å². The van der Waals surface area contributed by atoms with Gasteiger partial charge in [0.1, 0.15) is 22.0 Å². The van der Waals surface area contributed by atoms with Gasteiger partial charge in [0.25, 0.3) is 5.56 Å². The van der Waals surface area contributed by atoms with Gasteiger partial charge >= 0.3 is 0 Å². The average molecular weight is 428 g/mol. The van der Waals surface area contributed by atoms with E-state index in [-0.39, 0.29) is 33.5 Å². The molecule has 156 valence electrons. The second-order valence-electron chi connectivity index (χ2n) is 7.45. The molecule has 0 spiro atoms. The zero-order valence-corrected chi connectivity index (χ0v) is 16.6. The fourth-order valence-electron chi connectivity index (χ4n) is 3.51. The molecule has 0 amide bonds. The van der Waals surface area contributed by atoms with Crippen LogP contribution in [0.4, 0.5) is 5.69 Å². The normalized spacial score (nSPS) is 18.3. The quantitative estimate of drug-likeness (QED) is 0.351. The summed E-state index contributed by atoms with van der Waals surface area (Å²) in [4.78, 5) is 13.4. The minimum atomic E-state index is -3.69. The zero-order valence-electron chi connectivity index (χ0n) is 15.7. The molecule has 1 aliphatic heterocycles. The zero-order chi connectivity index (χ0) is 21.0. The Labute approximate surface area is 172 Å². The van der Waals surface area contributed by atoms with Gasteiger partial charge in [0.15, 0.2) is 5.84 Å². The molecule has 0 atom stereocenters. The van der Waals surface area contributed by atoms with Crippen molar-refractivity contribution >= 4 is 33.2 Å². The molecule has 0 radical (unpaired) electrons. The maximum absolute atomic E-state index is 13.3. The summed E-state index contributed by atoms with van der Waals surface area (Å²) >= 11 is 0. The summed E-state index contributed by atoms with van der Waals surface area (Å²) in [7, 11) is -3.69. The van der Waals surface area contributed by atoms with Crippen LogP contribution in [0.1, 0.15) is 18.4 Å². The molecule has 0 saturated heterocycles. The van der Waals surface area contributed by atoms with E-state index in [9.17, 15) is 24.1 Å². The summed E-state index contributed by atoms with van der Waals surface area (Å²) in [5.74, 6) is -0.0916. The van der Waals surface area contributed by atoms with Gasteiger partial charge in [0.05, 0.1) is 11.2 Å². The topological polar surface area (TPSA) is 139 Å². The fraction of sp³-hybridized carbons (Fsp3) is 0.200. The summed E-state index contributed by atoms with van der Waals surface area (Å²) in [5.41, 5.74) is 3.19. The average Bonchev–Trinajstić information content (AvgIpc) is 3.53. The Bertz CT molecular complexity index is 1270. The Kier molecular flexibility index (Phi) is 4.17. The van der Waals surface area contributed by atoms with E-state index in [1.54, 1.807) is 24.3 Å². The van der Waals surface area contributed by atoms with Crippen LogP contribution in [0, 0.1) is 5.92 Å². The molecule has 2 aliphatic rings. The van der Waals surface area contributed by atoms with Gasteiger partial charge in [-0.05, 0) is 43.0 Å². The molecule has 0 unspecified atom stereocenters. The lowest BCUT2D eigenvalue weighted by molar-refractivity contribution is 0.467. The van der Waals surface area contributed by atoms with Crippen LogP contribution in [0.5, 0.6) is 11.5 Å². The number of fused-ring (bicyclic) bond motifs is 2. The SMILES string of the molecule is O=c1c(C2=NS(O)(O)c3cc(O)ccc3N2)c(O)c2ccccc2n1NCC1CC1. The maximum Gasteiger partial charge on any atom is 0.284 e. The van der Waals surface area contributed by atoms with Crippen molar-refractivity contribution in [1.29, 1.82) is 0 Å². The van der Waals surface area contributed by atoms with Crippen LogP contribution >= 0.6 is 10.8 Å². The van der Waals surface area contributed by atoms with Crippen molar-refractivity contribution in [2.45, 2.75) is 17.7 Å². The van der Waals surface area contributed by atoms with Crippen molar-refractivity contribution in [1.82, 2.24) is 4.68 Å². The summed E-state index contributed by atoms with van der Waals surface area (Å²) in [6.07, 6.45) is 2.20. The largest absolute Gasteiger partial charge is 0.508 e. The molecule has 6 N–H and O–H groups in total. The van der Waals surface area contributed by atoms with E-state index in [1.165, 1.54) is 22.9 Å². The predicted octanol–water partition coefficient (Wildman–Crippen LogP) is 3.26. The van der Waals surface area contributed by atoms with Crippen LogP contribution in [-0.4, -0.2) is 36.4 Å². The maximum atomic E-state index is 13.3.